The molecule has 1 atom stereocenters. The molecule has 84 valence electrons. The van der Waals surface area contributed by atoms with Gasteiger partial charge in [0.2, 0.25) is 0 Å². The van der Waals surface area contributed by atoms with Crippen molar-refractivity contribution in [3.8, 4) is 11.8 Å². The number of ether oxygens (including phenoxy) is 1. The van der Waals surface area contributed by atoms with Crippen LogP contribution in [-0.4, -0.2) is 11.0 Å². The van der Waals surface area contributed by atoms with Crippen LogP contribution in [0.5, 0.6) is 5.75 Å². The summed E-state index contributed by atoms with van der Waals surface area (Å²) >= 11 is 0. The standard InChI is InChI=1S/C11H12N2O3/c1-3-9(7-12)16-11-6-8(2)4-5-10(11)13(14)15/h4-6,9H,3H2,1-2H3. The third-order valence-electron chi connectivity index (χ3n) is 2.10. The van der Waals surface area contributed by atoms with E-state index in [4.69, 9.17) is 10.00 Å². The van der Waals surface area contributed by atoms with Crippen LogP contribution in [-0.2, 0) is 0 Å². The number of aryl methyl sites for hydroxylation is 1. The highest BCUT2D eigenvalue weighted by Gasteiger charge is 2.17. The highest BCUT2D eigenvalue weighted by molar-refractivity contribution is 5.48. The van der Waals surface area contributed by atoms with Crippen molar-refractivity contribution in [3.05, 3.63) is 33.9 Å². The monoisotopic (exact) mass is 220 g/mol. The molecule has 0 aliphatic rings. The van der Waals surface area contributed by atoms with Gasteiger partial charge in [-0.05, 0) is 25.0 Å². The van der Waals surface area contributed by atoms with Crippen LogP contribution in [0.25, 0.3) is 0 Å². The fourth-order valence-corrected chi connectivity index (χ4v) is 1.22. The number of nitriles is 1. The van der Waals surface area contributed by atoms with Gasteiger partial charge >= 0.3 is 5.69 Å². The minimum atomic E-state index is -0.652. The highest BCUT2D eigenvalue weighted by Crippen LogP contribution is 2.28. The summed E-state index contributed by atoms with van der Waals surface area (Å²) in [5.74, 6) is 0.151. The lowest BCUT2D eigenvalue weighted by molar-refractivity contribution is -0.386. The molecule has 1 aromatic carbocycles. The average Bonchev–Trinajstić information content (AvgIpc) is 2.25. The summed E-state index contributed by atoms with van der Waals surface area (Å²) in [6.07, 6.45) is -0.165. The predicted octanol–water partition coefficient (Wildman–Crippen LogP) is 2.58. The van der Waals surface area contributed by atoms with Crippen molar-refractivity contribution in [2.45, 2.75) is 26.4 Å². The first-order valence-corrected chi connectivity index (χ1v) is 4.89. The first-order chi connectivity index (χ1) is 7.58. The normalized spacial score (nSPS) is 11.6. The van der Waals surface area contributed by atoms with Gasteiger partial charge in [-0.25, -0.2) is 0 Å². The van der Waals surface area contributed by atoms with E-state index in [1.54, 1.807) is 19.1 Å². The molecule has 5 heteroatoms. The van der Waals surface area contributed by atoms with E-state index in [2.05, 4.69) is 0 Å². The number of hydrogen-bond acceptors (Lipinski definition) is 4. The molecule has 16 heavy (non-hydrogen) atoms. The minimum absolute atomic E-state index is 0.112. The van der Waals surface area contributed by atoms with Gasteiger partial charge < -0.3 is 4.74 Å². The van der Waals surface area contributed by atoms with E-state index < -0.39 is 11.0 Å². The lowest BCUT2D eigenvalue weighted by atomic mass is 10.2. The summed E-state index contributed by atoms with van der Waals surface area (Å²) in [6.45, 7) is 3.60. The SMILES string of the molecule is CCC(C#N)Oc1cc(C)ccc1[N+](=O)[O-]. The molecule has 5 nitrogen and oxygen atoms in total. The topological polar surface area (TPSA) is 76.2 Å². The Labute approximate surface area is 93.4 Å². The molecule has 0 fully saturated rings. The molecular weight excluding hydrogens is 208 g/mol. The van der Waals surface area contributed by atoms with Gasteiger partial charge in [-0.3, -0.25) is 10.1 Å². The molecule has 0 N–H and O–H groups in total. The predicted molar refractivity (Wildman–Crippen MR) is 58.2 cm³/mol. The Morgan fingerprint density at radius 2 is 2.31 bits per heavy atom. The molecule has 1 unspecified atom stereocenters. The van der Waals surface area contributed by atoms with Crippen molar-refractivity contribution in [1.82, 2.24) is 0 Å². The second-order valence-electron chi connectivity index (χ2n) is 3.37. The third-order valence-corrected chi connectivity index (χ3v) is 2.10. The van der Waals surface area contributed by atoms with Gasteiger partial charge in [-0.1, -0.05) is 13.0 Å². The summed E-state index contributed by atoms with van der Waals surface area (Å²) in [7, 11) is 0. The molecule has 1 aromatic rings. The van der Waals surface area contributed by atoms with Gasteiger partial charge in [0.25, 0.3) is 0 Å². The molecule has 0 aliphatic carbocycles. The second-order valence-corrected chi connectivity index (χ2v) is 3.37. The number of rotatable bonds is 4. The summed E-state index contributed by atoms with van der Waals surface area (Å²) in [6, 6.07) is 6.53. The molecule has 0 radical (unpaired) electrons. The molecule has 1 rings (SSSR count). The second kappa shape index (κ2) is 5.12. The fraction of sp³-hybridized carbons (Fsp3) is 0.364. The summed E-state index contributed by atoms with van der Waals surface area (Å²) in [5.41, 5.74) is 0.743. The fourth-order valence-electron chi connectivity index (χ4n) is 1.22. The molecule has 0 amide bonds. The van der Waals surface area contributed by atoms with E-state index >= 15 is 0 Å². The molecule has 0 bridgehead atoms. The summed E-state index contributed by atoms with van der Waals surface area (Å²) in [4.78, 5) is 10.2. The third kappa shape index (κ3) is 2.70. The van der Waals surface area contributed by atoms with Crippen molar-refractivity contribution >= 4 is 5.69 Å². The van der Waals surface area contributed by atoms with E-state index in [1.165, 1.54) is 6.07 Å². The molecule has 0 aliphatic heterocycles. The van der Waals surface area contributed by atoms with Gasteiger partial charge in [-0.2, -0.15) is 5.26 Å². The number of nitrogens with zero attached hydrogens (tertiary/aromatic N) is 2. The maximum Gasteiger partial charge on any atom is 0.310 e. The van der Waals surface area contributed by atoms with Crippen LogP contribution in [0.2, 0.25) is 0 Å². The van der Waals surface area contributed by atoms with Crippen molar-refractivity contribution in [2.75, 3.05) is 0 Å². The van der Waals surface area contributed by atoms with Gasteiger partial charge in [0.05, 0.1) is 4.92 Å². The van der Waals surface area contributed by atoms with Crippen molar-refractivity contribution in [3.63, 3.8) is 0 Å². The molecule has 0 saturated heterocycles. The first kappa shape index (κ1) is 12.0. The number of nitro benzene ring substituents is 1. The van der Waals surface area contributed by atoms with E-state index in [0.717, 1.165) is 5.56 Å². The lowest BCUT2D eigenvalue weighted by Gasteiger charge is -2.10. The summed E-state index contributed by atoms with van der Waals surface area (Å²) in [5, 5.41) is 19.5. The van der Waals surface area contributed by atoms with Crippen molar-refractivity contribution < 1.29 is 9.66 Å². The largest absolute Gasteiger partial charge is 0.468 e. The van der Waals surface area contributed by atoms with Crippen LogP contribution >= 0.6 is 0 Å². The van der Waals surface area contributed by atoms with Gasteiger partial charge in [0, 0.05) is 6.07 Å². The molecule has 0 heterocycles. The smallest absolute Gasteiger partial charge is 0.310 e. The zero-order valence-electron chi connectivity index (χ0n) is 9.14. The Kier molecular flexibility index (Phi) is 3.84. The van der Waals surface area contributed by atoms with E-state index in [0.29, 0.717) is 6.42 Å². The van der Waals surface area contributed by atoms with Crippen molar-refractivity contribution in [1.29, 1.82) is 5.26 Å². The van der Waals surface area contributed by atoms with Crippen LogP contribution in [0.4, 0.5) is 5.69 Å². The first-order valence-electron chi connectivity index (χ1n) is 4.89. The van der Waals surface area contributed by atoms with Crippen LogP contribution in [0.15, 0.2) is 18.2 Å². The van der Waals surface area contributed by atoms with Crippen LogP contribution in [0.3, 0.4) is 0 Å². The zero-order valence-corrected chi connectivity index (χ0v) is 9.14. The molecular formula is C11H12N2O3. The number of benzene rings is 1. The maximum absolute atomic E-state index is 10.7. The molecule has 0 saturated carbocycles. The Hall–Kier alpha value is -2.09. The number of hydrogen-bond donors (Lipinski definition) is 0. The Morgan fingerprint density at radius 3 is 2.81 bits per heavy atom. The molecule has 0 spiro atoms. The molecule has 0 aromatic heterocycles. The Bertz CT molecular complexity index is 437. The average molecular weight is 220 g/mol. The van der Waals surface area contributed by atoms with Gasteiger partial charge in [0.15, 0.2) is 11.9 Å². The quantitative estimate of drug-likeness (QED) is 0.577. The Morgan fingerprint density at radius 1 is 1.62 bits per heavy atom. The van der Waals surface area contributed by atoms with E-state index in [-0.39, 0.29) is 11.4 Å². The van der Waals surface area contributed by atoms with Gasteiger partial charge in [-0.15, -0.1) is 0 Å². The zero-order chi connectivity index (χ0) is 12.1. The van der Waals surface area contributed by atoms with Crippen LogP contribution in [0.1, 0.15) is 18.9 Å². The summed E-state index contributed by atoms with van der Waals surface area (Å²) < 4.78 is 5.28. The van der Waals surface area contributed by atoms with Gasteiger partial charge in [0.1, 0.15) is 6.07 Å². The van der Waals surface area contributed by atoms with Crippen molar-refractivity contribution in [2.24, 2.45) is 0 Å². The lowest BCUT2D eigenvalue weighted by Crippen LogP contribution is -2.13. The Balaban J connectivity index is 3.06. The van der Waals surface area contributed by atoms with Crippen LogP contribution < -0.4 is 4.74 Å². The van der Waals surface area contributed by atoms with Crippen LogP contribution in [0, 0.1) is 28.4 Å². The van der Waals surface area contributed by atoms with E-state index in [9.17, 15) is 10.1 Å². The minimum Gasteiger partial charge on any atom is -0.468 e. The number of nitro groups is 1. The van der Waals surface area contributed by atoms with E-state index in [1.807, 2.05) is 13.0 Å². The maximum atomic E-state index is 10.7. The highest BCUT2D eigenvalue weighted by atomic mass is 16.6.